The van der Waals surface area contributed by atoms with Crippen LogP contribution in [0.1, 0.15) is 6.42 Å². The van der Waals surface area contributed by atoms with Crippen LogP contribution in [-0.2, 0) is 9.59 Å². The van der Waals surface area contributed by atoms with Gasteiger partial charge >= 0.3 is 0 Å². The highest BCUT2D eigenvalue weighted by molar-refractivity contribution is 6.36. The fourth-order valence-electron chi connectivity index (χ4n) is 6.04. The summed E-state index contributed by atoms with van der Waals surface area (Å²) in [7, 11) is 5.38. The molecule has 12 heteroatoms. The van der Waals surface area contributed by atoms with Crippen molar-refractivity contribution in [3.8, 4) is 17.3 Å². The third kappa shape index (κ3) is 4.80. The second-order valence-corrected chi connectivity index (χ2v) is 11.6. The number of aromatic nitrogens is 2. The first-order chi connectivity index (χ1) is 21.1. The average Bonchev–Trinajstić information content (AvgIpc) is 3.01. The Labute approximate surface area is 257 Å². The van der Waals surface area contributed by atoms with Gasteiger partial charge in [-0.2, -0.15) is 5.26 Å². The molecule has 4 heterocycles. The lowest BCUT2D eigenvalue weighted by Gasteiger charge is -2.50. The summed E-state index contributed by atoms with van der Waals surface area (Å²) in [6.45, 7) is 0.795. The Morgan fingerprint density at radius 1 is 1.18 bits per heavy atom. The number of rotatable bonds is 5. The van der Waals surface area contributed by atoms with Gasteiger partial charge in [-0.3, -0.25) is 19.6 Å². The van der Waals surface area contributed by atoms with E-state index >= 15 is 4.39 Å². The molecule has 2 unspecified atom stereocenters. The van der Waals surface area contributed by atoms with E-state index in [1.54, 1.807) is 42.3 Å². The summed E-state index contributed by atoms with van der Waals surface area (Å²) < 4.78 is 30.8. The molecular formula is C32H28ClF2N7O2. The summed E-state index contributed by atoms with van der Waals surface area (Å²) in [6, 6.07) is 8.81. The van der Waals surface area contributed by atoms with E-state index in [-0.39, 0.29) is 47.6 Å². The molecule has 0 aliphatic carbocycles. The molecule has 6 rings (SSSR count). The van der Waals surface area contributed by atoms with E-state index in [0.717, 1.165) is 0 Å². The first-order valence-electron chi connectivity index (χ1n) is 14.0. The number of anilines is 2. The van der Waals surface area contributed by atoms with Crippen molar-refractivity contribution >= 4 is 56.5 Å². The van der Waals surface area contributed by atoms with E-state index in [2.05, 4.69) is 16.0 Å². The largest absolute Gasteiger partial charge is 0.354 e. The molecule has 2 aromatic carbocycles. The van der Waals surface area contributed by atoms with Gasteiger partial charge < -0.3 is 19.6 Å². The summed E-state index contributed by atoms with van der Waals surface area (Å²) in [5.74, 6) is -1.88. The number of fused-ring (bicyclic) bond motifs is 6. The van der Waals surface area contributed by atoms with Gasteiger partial charge in [-0.15, -0.1) is 0 Å². The molecule has 0 radical (unpaired) electrons. The van der Waals surface area contributed by atoms with Crippen molar-refractivity contribution in [1.82, 2.24) is 19.8 Å². The minimum absolute atomic E-state index is 0.0155. The summed E-state index contributed by atoms with van der Waals surface area (Å²) >= 11 is 6.33. The summed E-state index contributed by atoms with van der Waals surface area (Å²) in [6.07, 6.45) is 6.19. The van der Waals surface area contributed by atoms with E-state index in [1.807, 2.05) is 23.9 Å². The van der Waals surface area contributed by atoms with E-state index in [4.69, 9.17) is 11.6 Å². The fourth-order valence-corrected chi connectivity index (χ4v) is 6.32. The third-order valence-corrected chi connectivity index (χ3v) is 8.57. The van der Waals surface area contributed by atoms with Gasteiger partial charge in [0.2, 0.25) is 5.91 Å². The zero-order valence-electron chi connectivity index (χ0n) is 24.3. The lowest BCUT2D eigenvalue weighted by atomic mass is 9.96. The molecule has 0 N–H and O–H groups in total. The lowest BCUT2D eigenvalue weighted by Crippen LogP contribution is -2.66. The number of halogens is 3. The van der Waals surface area contributed by atoms with Crippen LogP contribution in [-0.4, -0.2) is 84.4 Å². The number of carbonyl (C=O) groups is 2. The first kappa shape index (κ1) is 29.4. The maximum Gasteiger partial charge on any atom is 0.251 e. The predicted octanol–water partition coefficient (Wildman–Crippen LogP) is 4.78. The molecule has 2 atom stereocenters. The smallest absolute Gasteiger partial charge is 0.251 e. The van der Waals surface area contributed by atoms with Crippen LogP contribution in [0.4, 0.5) is 20.2 Å². The topological polar surface area (TPSA) is 96.7 Å². The minimum atomic E-state index is -0.762. The predicted molar refractivity (Wildman–Crippen MR) is 165 cm³/mol. The fraction of sp³-hybridized carbons (Fsp3) is 0.281. The number of benzene rings is 2. The van der Waals surface area contributed by atoms with Gasteiger partial charge in [0.25, 0.3) is 5.91 Å². The van der Waals surface area contributed by atoms with Crippen molar-refractivity contribution in [2.75, 3.05) is 50.6 Å². The van der Waals surface area contributed by atoms with Crippen molar-refractivity contribution in [3.63, 3.8) is 0 Å². The molecule has 0 saturated carbocycles. The van der Waals surface area contributed by atoms with E-state index in [0.29, 0.717) is 39.6 Å². The van der Waals surface area contributed by atoms with Crippen LogP contribution in [0.25, 0.3) is 32.9 Å². The van der Waals surface area contributed by atoms with Gasteiger partial charge in [0.05, 0.1) is 47.7 Å². The Bertz CT molecular complexity index is 1910. The molecule has 224 valence electrons. The maximum atomic E-state index is 16.4. The number of hydrogen-bond acceptors (Lipinski definition) is 7. The van der Waals surface area contributed by atoms with E-state index in [1.165, 1.54) is 29.4 Å². The summed E-state index contributed by atoms with van der Waals surface area (Å²) in [5.41, 5.74) is 1.30. The van der Waals surface area contributed by atoms with Crippen LogP contribution in [0.5, 0.6) is 0 Å². The molecule has 1 saturated heterocycles. The maximum absolute atomic E-state index is 16.4. The Morgan fingerprint density at radius 2 is 1.98 bits per heavy atom. The number of piperazine rings is 1. The number of nitrogens with zero attached hydrogens (tertiary/aromatic N) is 7. The molecule has 0 bridgehead atoms. The molecular weight excluding hydrogens is 588 g/mol. The average molecular weight is 616 g/mol. The zero-order chi connectivity index (χ0) is 31.3. The van der Waals surface area contributed by atoms with Crippen LogP contribution in [0.15, 0.2) is 54.9 Å². The number of nitriles is 1. The molecule has 2 aromatic heterocycles. The molecule has 2 aliphatic rings. The molecule has 44 heavy (non-hydrogen) atoms. The lowest BCUT2D eigenvalue weighted by molar-refractivity contribution is -0.131. The molecule has 4 aromatic rings. The van der Waals surface area contributed by atoms with Crippen molar-refractivity contribution < 1.29 is 18.4 Å². The highest BCUT2D eigenvalue weighted by Crippen LogP contribution is 2.44. The Hall–Kier alpha value is -4.66. The van der Waals surface area contributed by atoms with Crippen molar-refractivity contribution in [2.24, 2.45) is 0 Å². The van der Waals surface area contributed by atoms with Crippen LogP contribution >= 0.6 is 11.6 Å². The summed E-state index contributed by atoms with van der Waals surface area (Å²) in [4.78, 5) is 42.4. The van der Waals surface area contributed by atoms with E-state index < -0.39 is 23.7 Å². The number of hydrogen-bond donors (Lipinski definition) is 0. The third-order valence-electron chi connectivity index (χ3n) is 8.20. The van der Waals surface area contributed by atoms with Gasteiger partial charge in [0.1, 0.15) is 23.1 Å². The summed E-state index contributed by atoms with van der Waals surface area (Å²) in [5, 5.41) is 10.8. The first-order valence-corrected chi connectivity index (χ1v) is 14.4. The quantitative estimate of drug-likeness (QED) is 0.298. The monoisotopic (exact) mass is 615 g/mol. The molecule has 9 nitrogen and oxygen atoms in total. The highest BCUT2D eigenvalue weighted by atomic mass is 35.5. The molecule has 2 amide bonds. The van der Waals surface area contributed by atoms with Crippen LogP contribution in [0, 0.1) is 23.0 Å². The van der Waals surface area contributed by atoms with Gasteiger partial charge in [0, 0.05) is 48.7 Å². The molecule has 2 aliphatic heterocycles. The van der Waals surface area contributed by atoms with E-state index in [9.17, 15) is 19.2 Å². The standard InChI is InChI=1S/C32H28ClF2N7O2/c1-39(2)13-5-8-25(43)41-17-24-32(44)40(3)23-15-38-30-21(31(23)42(24)16-19(41)11-12-36)14-37-29(28(30)35)20-7-4-6-18-9-10-22(34)27(33)26(18)20/h4-10,14-15,19,24H,11,13,16-17H2,1-3H3. The van der Waals surface area contributed by atoms with Crippen molar-refractivity contribution in [1.29, 1.82) is 5.26 Å². The second kappa shape index (κ2) is 11.4. The van der Waals surface area contributed by atoms with Gasteiger partial charge in [-0.25, -0.2) is 8.78 Å². The van der Waals surface area contributed by atoms with Crippen molar-refractivity contribution in [2.45, 2.75) is 18.5 Å². The van der Waals surface area contributed by atoms with Crippen LogP contribution in [0.2, 0.25) is 5.02 Å². The molecule has 0 spiro atoms. The normalized spacial score (nSPS) is 18.3. The van der Waals surface area contributed by atoms with Crippen molar-refractivity contribution in [3.05, 3.63) is 71.5 Å². The minimum Gasteiger partial charge on any atom is -0.354 e. The highest BCUT2D eigenvalue weighted by Gasteiger charge is 2.45. The number of pyridine rings is 2. The van der Waals surface area contributed by atoms with Crippen LogP contribution in [0.3, 0.4) is 0 Å². The number of amides is 2. The van der Waals surface area contributed by atoms with Gasteiger partial charge in [-0.05, 0) is 25.5 Å². The van der Waals surface area contributed by atoms with Gasteiger partial charge in [0.15, 0.2) is 5.82 Å². The number of carbonyl (C=O) groups excluding carboxylic acids is 2. The number of likely N-dealkylation sites (N-methyl/N-ethyl adjacent to an activating group) is 2. The van der Waals surface area contributed by atoms with Gasteiger partial charge in [-0.1, -0.05) is 41.9 Å². The Morgan fingerprint density at radius 3 is 2.73 bits per heavy atom. The molecule has 1 fully saturated rings. The Kier molecular flexibility index (Phi) is 7.65. The van der Waals surface area contributed by atoms with Crippen LogP contribution < -0.4 is 9.80 Å². The SMILES string of the molecule is CN(C)CC=CC(=O)N1CC2C(=O)N(C)c3cnc4c(F)c(-c5cccc6ccc(F)c(Cl)c56)ncc4c3N2CC1CC#N. The zero-order valence-corrected chi connectivity index (χ0v) is 25.0. The second-order valence-electron chi connectivity index (χ2n) is 11.2. The Balaban J connectivity index is 1.46.